The Hall–Kier alpha value is -1.35. The molecular weight excluding hydrogens is 218 g/mol. The molecular formula is C13H15NOS. The molecule has 2 rings (SSSR count). The maximum Gasteiger partial charge on any atom is 0.224 e. The number of hydrogen-bond acceptors (Lipinski definition) is 2. The average molecular weight is 233 g/mol. The number of carbonyl (C=O) groups is 1. The van der Waals surface area contributed by atoms with Crippen molar-refractivity contribution in [2.24, 2.45) is 0 Å². The predicted molar refractivity (Wildman–Crippen MR) is 68.8 cm³/mol. The van der Waals surface area contributed by atoms with Crippen LogP contribution in [0.3, 0.4) is 0 Å². The van der Waals surface area contributed by atoms with Crippen molar-refractivity contribution in [1.29, 1.82) is 0 Å². The zero-order valence-electron chi connectivity index (χ0n) is 9.49. The molecule has 0 atom stereocenters. The summed E-state index contributed by atoms with van der Waals surface area (Å²) in [4.78, 5) is 11.7. The molecule has 1 heterocycles. The first-order valence-corrected chi connectivity index (χ1v) is 6.29. The van der Waals surface area contributed by atoms with E-state index in [4.69, 9.17) is 0 Å². The highest BCUT2D eigenvalue weighted by Gasteiger charge is 2.09. The van der Waals surface area contributed by atoms with Gasteiger partial charge in [0.1, 0.15) is 0 Å². The summed E-state index contributed by atoms with van der Waals surface area (Å²) in [7, 11) is 0. The molecule has 0 bridgehead atoms. The Morgan fingerprint density at radius 1 is 1.38 bits per heavy atom. The van der Waals surface area contributed by atoms with Gasteiger partial charge in [-0.1, -0.05) is 18.2 Å². The van der Waals surface area contributed by atoms with E-state index in [0.717, 1.165) is 5.56 Å². The molecule has 0 fully saturated rings. The summed E-state index contributed by atoms with van der Waals surface area (Å²) in [6.07, 6.45) is 0.474. The average Bonchev–Trinajstić information content (AvgIpc) is 2.61. The fourth-order valence-electron chi connectivity index (χ4n) is 1.72. The van der Waals surface area contributed by atoms with Crippen LogP contribution in [0.4, 0.5) is 0 Å². The highest BCUT2D eigenvalue weighted by molar-refractivity contribution is 7.17. The van der Waals surface area contributed by atoms with Gasteiger partial charge in [-0.15, -0.1) is 11.3 Å². The Morgan fingerprint density at radius 2 is 2.12 bits per heavy atom. The third-order valence-corrected chi connectivity index (χ3v) is 3.37. The second-order valence-electron chi connectivity index (χ2n) is 4.16. The van der Waals surface area contributed by atoms with Crippen molar-refractivity contribution >= 4 is 27.3 Å². The van der Waals surface area contributed by atoms with Gasteiger partial charge in [-0.3, -0.25) is 4.79 Å². The summed E-state index contributed by atoms with van der Waals surface area (Å²) < 4.78 is 1.25. The van der Waals surface area contributed by atoms with Gasteiger partial charge >= 0.3 is 0 Å². The lowest BCUT2D eigenvalue weighted by Crippen LogP contribution is -2.31. The summed E-state index contributed by atoms with van der Waals surface area (Å²) in [5.41, 5.74) is 1.12. The topological polar surface area (TPSA) is 29.1 Å². The van der Waals surface area contributed by atoms with E-state index in [1.54, 1.807) is 11.3 Å². The highest BCUT2D eigenvalue weighted by Crippen LogP contribution is 2.25. The van der Waals surface area contributed by atoms with E-state index >= 15 is 0 Å². The lowest BCUT2D eigenvalue weighted by atomic mass is 10.1. The van der Waals surface area contributed by atoms with Gasteiger partial charge in [-0.25, -0.2) is 0 Å². The number of benzene rings is 1. The summed E-state index contributed by atoms with van der Waals surface area (Å²) in [6, 6.07) is 8.40. The van der Waals surface area contributed by atoms with Crippen LogP contribution in [0.1, 0.15) is 19.4 Å². The molecule has 0 saturated carbocycles. The Kier molecular flexibility index (Phi) is 3.25. The summed E-state index contributed by atoms with van der Waals surface area (Å²) in [5.74, 6) is 0.0959. The van der Waals surface area contributed by atoms with Crippen molar-refractivity contribution in [3.8, 4) is 0 Å². The van der Waals surface area contributed by atoms with Crippen LogP contribution in [-0.4, -0.2) is 11.9 Å². The largest absolute Gasteiger partial charge is 0.354 e. The van der Waals surface area contributed by atoms with E-state index in [9.17, 15) is 4.79 Å². The van der Waals surface area contributed by atoms with E-state index in [0.29, 0.717) is 6.42 Å². The number of hydrogen-bond donors (Lipinski definition) is 1. The maximum absolute atomic E-state index is 11.7. The Labute approximate surface area is 99.3 Å². The van der Waals surface area contributed by atoms with Crippen molar-refractivity contribution in [2.75, 3.05) is 0 Å². The van der Waals surface area contributed by atoms with Crippen LogP contribution < -0.4 is 5.32 Å². The quantitative estimate of drug-likeness (QED) is 0.867. The van der Waals surface area contributed by atoms with Gasteiger partial charge in [-0.05, 0) is 36.2 Å². The van der Waals surface area contributed by atoms with E-state index < -0.39 is 0 Å². The van der Waals surface area contributed by atoms with Crippen molar-refractivity contribution in [1.82, 2.24) is 5.32 Å². The number of nitrogens with one attached hydrogen (secondary N) is 1. The molecule has 2 nitrogen and oxygen atoms in total. The minimum atomic E-state index is 0.0959. The molecule has 0 unspecified atom stereocenters. The second kappa shape index (κ2) is 4.66. The first-order chi connectivity index (χ1) is 7.66. The van der Waals surface area contributed by atoms with Gasteiger partial charge in [0, 0.05) is 10.7 Å². The smallest absolute Gasteiger partial charge is 0.224 e. The molecule has 1 aromatic carbocycles. The van der Waals surface area contributed by atoms with E-state index in [1.807, 2.05) is 26.0 Å². The highest BCUT2D eigenvalue weighted by atomic mass is 32.1. The summed E-state index contributed by atoms with van der Waals surface area (Å²) in [5, 5.41) is 6.19. The normalized spacial score (nSPS) is 10.9. The summed E-state index contributed by atoms with van der Waals surface area (Å²) in [6.45, 7) is 3.95. The molecule has 0 aliphatic carbocycles. The SMILES string of the molecule is CC(C)NC(=O)Cc1csc2ccccc12. The number of carbonyl (C=O) groups excluding carboxylic acids is 1. The van der Waals surface area contributed by atoms with Crippen LogP contribution in [-0.2, 0) is 11.2 Å². The van der Waals surface area contributed by atoms with Gasteiger partial charge in [0.05, 0.1) is 6.42 Å². The number of fused-ring (bicyclic) bond motifs is 1. The zero-order chi connectivity index (χ0) is 11.5. The number of thiophene rings is 1. The first-order valence-electron chi connectivity index (χ1n) is 5.41. The lowest BCUT2D eigenvalue weighted by Gasteiger charge is -2.07. The van der Waals surface area contributed by atoms with Crippen molar-refractivity contribution < 1.29 is 4.79 Å². The second-order valence-corrected chi connectivity index (χ2v) is 5.07. The lowest BCUT2D eigenvalue weighted by molar-refractivity contribution is -0.120. The Balaban J connectivity index is 2.18. The molecule has 1 amide bonds. The minimum absolute atomic E-state index is 0.0959. The van der Waals surface area contributed by atoms with E-state index in [-0.39, 0.29) is 11.9 Å². The number of amides is 1. The molecule has 16 heavy (non-hydrogen) atoms. The van der Waals surface area contributed by atoms with Crippen LogP contribution in [0.2, 0.25) is 0 Å². The third kappa shape index (κ3) is 2.42. The van der Waals surface area contributed by atoms with Crippen molar-refractivity contribution in [3.63, 3.8) is 0 Å². The van der Waals surface area contributed by atoms with Crippen LogP contribution in [0.25, 0.3) is 10.1 Å². The molecule has 84 valence electrons. The van der Waals surface area contributed by atoms with Crippen LogP contribution in [0.5, 0.6) is 0 Å². The van der Waals surface area contributed by atoms with Gasteiger partial charge < -0.3 is 5.32 Å². The Bertz CT molecular complexity index is 501. The zero-order valence-corrected chi connectivity index (χ0v) is 10.3. The molecule has 1 N–H and O–H groups in total. The van der Waals surface area contributed by atoms with Crippen LogP contribution in [0.15, 0.2) is 29.6 Å². The predicted octanol–water partition coefficient (Wildman–Crippen LogP) is 2.97. The molecule has 3 heteroatoms. The van der Waals surface area contributed by atoms with Crippen LogP contribution in [0, 0.1) is 0 Å². The van der Waals surface area contributed by atoms with Gasteiger partial charge in [0.25, 0.3) is 0 Å². The fraction of sp³-hybridized carbons (Fsp3) is 0.308. The summed E-state index contributed by atoms with van der Waals surface area (Å²) >= 11 is 1.69. The fourth-order valence-corrected chi connectivity index (χ4v) is 2.68. The molecule has 0 saturated heterocycles. The van der Waals surface area contributed by atoms with Crippen molar-refractivity contribution in [3.05, 3.63) is 35.2 Å². The Morgan fingerprint density at radius 3 is 2.88 bits per heavy atom. The van der Waals surface area contributed by atoms with Crippen LogP contribution >= 0.6 is 11.3 Å². The van der Waals surface area contributed by atoms with E-state index in [2.05, 4.69) is 22.8 Å². The molecule has 0 aliphatic rings. The monoisotopic (exact) mass is 233 g/mol. The van der Waals surface area contributed by atoms with Gasteiger partial charge in [-0.2, -0.15) is 0 Å². The molecule has 1 aromatic heterocycles. The van der Waals surface area contributed by atoms with Crippen molar-refractivity contribution in [2.45, 2.75) is 26.3 Å². The van der Waals surface area contributed by atoms with E-state index in [1.165, 1.54) is 10.1 Å². The molecule has 0 aliphatic heterocycles. The standard InChI is InChI=1S/C13H15NOS/c1-9(2)14-13(15)7-10-8-16-12-6-4-3-5-11(10)12/h3-6,8-9H,7H2,1-2H3,(H,14,15). The first kappa shape index (κ1) is 11.1. The third-order valence-electron chi connectivity index (χ3n) is 2.36. The molecule has 0 radical (unpaired) electrons. The molecule has 0 spiro atoms. The maximum atomic E-state index is 11.7. The molecule has 2 aromatic rings. The minimum Gasteiger partial charge on any atom is -0.354 e. The number of rotatable bonds is 3. The van der Waals surface area contributed by atoms with Gasteiger partial charge in [0.2, 0.25) is 5.91 Å². The van der Waals surface area contributed by atoms with Gasteiger partial charge in [0.15, 0.2) is 0 Å².